The quantitative estimate of drug-likeness (QED) is 0.846. The minimum atomic E-state index is 0.0103. The molecule has 0 radical (unpaired) electrons. The van der Waals surface area contributed by atoms with Crippen molar-refractivity contribution in [2.45, 2.75) is 38.3 Å². The van der Waals surface area contributed by atoms with Gasteiger partial charge in [-0.15, -0.1) is 11.3 Å². The Morgan fingerprint density at radius 2 is 2.50 bits per heavy atom. The van der Waals surface area contributed by atoms with Crippen LogP contribution in [0.3, 0.4) is 0 Å². The Morgan fingerprint density at radius 1 is 1.62 bits per heavy atom. The summed E-state index contributed by atoms with van der Waals surface area (Å²) >= 11 is 1.68. The molecule has 0 unspecified atom stereocenters. The molecular formula is C12H18N2OS. The average molecular weight is 238 g/mol. The van der Waals surface area contributed by atoms with Gasteiger partial charge in [0.1, 0.15) is 0 Å². The van der Waals surface area contributed by atoms with Gasteiger partial charge in [0, 0.05) is 4.88 Å². The third kappa shape index (κ3) is 2.83. The van der Waals surface area contributed by atoms with Crippen LogP contribution in [0.25, 0.3) is 0 Å². The highest BCUT2D eigenvalue weighted by atomic mass is 32.1. The number of hydrogen-bond acceptors (Lipinski definition) is 3. The highest BCUT2D eigenvalue weighted by Gasteiger charge is 2.22. The number of rotatable bonds is 3. The standard InChI is InChI=1S/C12H18N2OS/c1-9(11-6-4-8-16-11)14-12(15)10-5-2-3-7-13-10/h4,6,8-10,13H,2-3,5,7H2,1H3,(H,14,15)/t9-,10+/m0/s1. The Bertz CT molecular complexity index is 331. The Hall–Kier alpha value is -0.870. The number of carbonyl (C=O) groups is 1. The summed E-state index contributed by atoms with van der Waals surface area (Å²) < 4.78 is 0. The zero-order chi connectivity index (χ0) is 11.4. The summed E-state index contributed by atoms with van der Waals surface area (Å²) in [5.41, 5.74) is 0. The molecule has 0 aromatic carbocycles. The van der Waals surface area contributed by atoms with Crippen molar-refractivity contribution in [1.29, 1.82) is 0 Å². The van der Waals surface area contributed by atoms with Gasteiger partial charge in [0.05, 0.1) is 12.1 Å². The van der Waals surface area contributed by atoms with Gasteiger partial charge >= 0.3 is 0 Å². The second-order valence-corrected chi connectivity index (χ2v) is 5.23. The fraction of sp³-hybridized carbons (Fsp3) is 0.583. The lowest BCUT2D eigenvalue weighted by Crippen LogP contribution is -2.47. The topological polar surface area (TPSA) is 41.1 Å². The molecule has 1 aliphatic heterocycles. The van der Waals surface area contributed by atoms with E-state index in [-0.39, 0.29) is 18.0 Å². The van der Waals surface area contributed by atoms with Crippen LogP contribution in [0.1, 0.15) is 37.1 Å². The molecule has 0 saturated carbocycles. The van der Waals surface area contributed by atoms with Gasteiger partial charge < -0.3 is 10.6 Å². The van der Waals surface area contributed by atoms with Crippen molar-refractivity contribution < 1.29 is 4.79 Å². The van der Waals surface area contributed by atoms with Crippen molar-refractivity contribution in [1.82, 2.24) is 10.6 Å². The summed E-state index contributed by atoms with van der Waals surface area (Å²) in [5.74, 6) is 0.139. The molecule has 2 atom stereocenters. The smallest absolute Gasteiger partial charge is 0.237 e. The molecule has 0 spiro atoms. The fourth-order valence-electron chi connectivity index (χ4n) is 2.00. The van der Waals surface area contributed by atoms with Gasteiger partial charge in [-0.1, -0.05) is 12.5 Å². The van der Waals surface area contributed by atoms with E-state index < -0.39 is 0 Å². The minimum Gasteiger partial charge on any atom is -0.347 e. The molecule has 88 valence electrons. The molecule has 0 bridgehead atoms. The van der Waals surface area contributed by atoms with E-state index in [0.717, 1.165) is 19.4 Å². The molecule has 1 aliphatic rings. The lowest BCUT2D eigenvalue weighted by Gasteiger charge is -2.24. The molecule has 2 rings (SSSR count). The molecule has 16 heavy (non-hydrogen) atoms. The van der Waals surface area contributed by atoms with Crippen LogP contribution in [-0.2, 0) is 4.79 Å². The Kier molecular flexibility index (Phi) is 3.96. The van der Waals surface area contributed by atoms with E-state index in [9.17, 15) is 4.79 Å². The largest absolute Gasteiger partial charge is 0.347 e. The summed E-state index contributed by atoms with van der Waals surface area (Å²) in [6.45, 7) is 3.00. The lowest BCUT2D eigenvalue weighted by atomic mass is 10.0. The van der Waals surface area contributed by atoms with Gasteiger partial charge in [-0.3, -0.25) is 4.79 Å². The van der Waals surface area contributed by atoms with Gasteiger partial charge in [0.2, 0.25) is 5.91 Å². The average Bonchev–Trinajstić information content (AvgIpc) is 2.83. The number of carbonyl (C=O) groups excluding carboxylic acids is 1. The van der Waals surface area contributed by atoms with Crippen LogP contribution in [0.4, 0.5) is 0 Å². The lowest BCUT2D eigenvalue weighted by molar-refractivity contribution is -0.124. The molecule has 1 saturated heterocycles. The van der Waals surface area contributed by atoms with E-state index in [0.29, 0.717) is 0 Å². The van der Waals surface area contributed by atoms with Gasteiger partial charge in [-0.2, -0.15) is 0 Å². The maximum Gasteiger partial charge on any atom is 0.237 e. The second kappa shape index (κ2) is 5.46. The normalized spacial score (nSPS) is 22.7. The summed E-state index contributed by atoms with van der Waals surface area (Å²) in [6, 6.07) is 4.21. The number of amides is 1. The van der Waals surface area contributed by atoms with E-state index in [4.69, 9.17) is 0 Å². The number of piperidine rings is 1. The van der Waals surface area contributed by atoms with Crippen LogP contribution in [-0.4, -0.2) is 18.5 Å². The number of hydrogen-bond donors (Lipinski definition) is 2. The van der Waals surface area contributed by atoms with Crippen LogP contribution in [0.5, 0.6) is 0 Å². The minimum absolute atomic E-state index is 0.0103. The van der Waals surface area contributed by atoms with Crippen molar-refractivity contribution in [3.8, 4) is 0 Å². The molecule has 2 N–H and O–H groups in total. The van der Waals surface area contributed by atoms with Crippen molar-refractivity contribution in [3.63, 3.8) is 0 Å². The molecule has 2 heterocycles. The van der Waals surface area contributed by atoms with Crippen molar-refractivity contribution >= 4 is 17.2 Å². The fourth-order valence-corrected chi connectivity index (χ4v) is 2.73. The van der Waals surface area contributed by atoms with Crippen molar-refractivity contribution in [2.24, 2.45) is 0 Å². The molecule has 3 nitrogen and oxygen atoms in total. The van der Waals surface area contributed by atoms with E-state index in [1.807, 2.05) is 18.4 Å². The highest BCUT2D eigenvalue weighted by Crippen LogP contribution is 2.18. The first kappa shape index (κ1) is 11.6. The van der Waals surface area contributed by atoms with Crippen LogP contribution in [0.15, 0.2) is 17.5 Å². The van der Waals surface area contributed by atoms with E-state index >= 15 is 0 Å². The van der Waals surface area contributed by atoms with Crippen molar-refractivity contribution in [2.75, 3.05) is 6.54 Å². The van der Waals surface area contributed by atoms with Gasteiger partial charge in [0.15, 0.2) is 0 Å². The second-order valence-electron chi connectivity index (χ2n) is 4.25. The van der Waals surface area contributed by atoms with Gasteiger partial charge in [-0.25, -0.2) is 0 Å². The zero-order valence-corrected chi connectivity index (χ0v) is 10.3. The summed E-state index contributed by atoms with van der Waals surface area (Å²) in [7, 11) is 0. The molecule has 1 fully saturated rings. The summed E-state index contributed by atoms with van der Waals surface area (Å²) in [6.07, 6.45) is 3.30. The Labute approximate surface area is 100 Å². The monoisotopic (exact) mass is 238 g/mol. The van der Waals surface area contributed by atoms with Crippen LogP contribution < -0.4 is 10.6 Å². The SMILES string of the molecule is C[C@H](NC(=O)[C@H]1CCCCN1)c1cccs1. The van der Waals surface area contributed by atoms with E-state index in [1.165, 1.54) is 11.3 Å². The Morgan fingerprint density at radius 3 is 3.12 bits per heavy atom. The summed E-state index contributed by atoms with van der Waals surface area (Å²) in [4.78, 5) is 13.1. The molecule has 0 aliphatic carbocycles. The highest BCUT2D eigenvalue weighted by molar-refractivity contribution is 7.10. The summed E-state index contributed by atoms with van der Waals surface area (Å²) in [5, 5.41) is 8.36. The molecule has 1 aromatic heterocycles. The molecule has 1 amide bonds. The maximum absolute atomic E-state index is 11.9. The Balaban J connectivity index is 1.86. The first-order valence-corrected chi connectivity index (χ1v) is 6.72. The number of nitrogens with one attached hydrogen (secondary N) is 2. The zero-order valence-electron chi connectivity index (χ0n) is 9.53. The predicted octanol–water partition coefficient (Wildman–Crippen LogP) is 2.07. The third-order valence-electron chi connectivity index (χ3n) is 2.96. The first-order valence-electron chi connectivity index (χ1n) is 5.84. The molecule has 4 heteroatoms. The molecular weight excluding hydrogens is 220 g/mol. The van der Waals surface area contributed by atoms with Crippen LogP contribution >= 0.6 is 11.3 Å². The molecule has 1 aromatic rings. The van der Waals surface area contributed by atoms with Gasteiger partial charge in [-0.05, 0) is 37.8 Å². The number of thiophene rings is 1. The maximum atomic E-state index is 11.9. The van der Waals surface area contributed by atoms with Crippen molar-refractivity contribution in [3.05, 3.63) is 22.4 Å². The third-order valence-corrected chi connectivity index (χ3v) is 4.01. The van der Waals surface area contributed by atoms with Crippen LogP contribution in [0.2, 0.25) is 0 Å². The van der Waals surface area contributed by atoms with Gasteiger partial charge in [0.25, 0.3) is 0 Å². The van der Waals surface area contributed by atoms with E-state index in [2.05, 4.69) is 16.7 Å². The van der Waals surface area contributed by atoms with E-state index in [1.54, 1.807) is 11.3 Å². The first-order chi connectivity index (χ1) is 7.77. The van der Waals surface area contributed by atoms with Crippen LogP contribution in [0, 0.1) is 0 Å². The predicted molar refractivity (Wildman–Crippen MR) is 66.5 cm³/mol.